The fourth-order valence-corrected chi connectivity index (χ4v) is 1.45. The third kappa shape index (κ3) is 2.82. The Kier molecular flexibility index (Phi) is 4.24. The molecule has 0 aliphatic heterocycles. The topological polar surface area (TPSA) is 91.7 Å². The van der Waals surface area contributed by atoms with Gasteiger partial charge in [-0.25, -0.2) is 4.98 Å². The second-order valence-electron chi connectivity index (χ2n) is 3.43. The fraction of sp³-hybridized carbons (Fsp3) is 0.455. The Hall–Kier alpha value is -2.34. The van der Waals surface area contributed by atoms with Gasteiger partial charge < -0.3 is 9.30 Å². The maximum Gasteiger partial charge on any atom is 0.307 e. The quantitative estimate of drug-likeness (QED) is 0.726. The van der Waals surface area contributed by atoms with Crippen LogP contribution in [0.4, 0.5) is 0 Å². The summed E-state index contributed by atoms with van der Waals surface area (Å²) in [6, 6.07) is 3.47. The van der Waals surface area contributed by atoms with Crippen LogP contribution in [0.3, 0.4) is 0 Å². The zero-order valence-corrected chi connectivity index (χ0v) is 9.67. The Labute approximate surface area is 99.0 Å². The minimum atomic E-state index is -0.337. The number of esters is 1. The number of nitrogens with zero attached hydrogens (tertiary/aromatic N) is 4. The first kappa shape index (κ1) is 12.7. The number of rotatable bonds is 4. The van der Waals surface area contributed by atoms with E-state index in [1.807, 2.05) is 12.1 Å². The van der Waals surface area contributed by atoms with Gasteiger partial charge in [-0.3, -0.25) is 4.79 Å². The first-order valence-corrected chi connectivity index (χ1v) is 5.16. The van der Waals surface area contributed by atoms with E-state index in [1.165, 1.54) is 10.9 Å². The van der Waals surface area contributed by atoms with E-state index in [4.69, 9.17) is 15.3 Å². The molecule has 0 fully saturated rings. The molecule has 1 aromatic heterocycles. The third-order valence-electron chi connectivity index (χ3n) is 2.25. The van der Waals surface area contributed by atoms with E-state index in [9.17, 15) is 4.79 Å². The van der Waals surface area contributed by atoms with Crippen molar-refractivity contribution >= 4 is 5.97 Å². The van der Waals surface area contributed by atoms with Crippen molar-refractivity contribution in [2.75, 3.05) is 6.61 Å². The molecule has 0 aliphatic carbocycles. The maximum atomic E-state index is 11.3. The Bertz CT molecular complexity index is 493. The van der Waals surface area contributed by atoms with Crippen LogP contribution >= 0.6 is 0 Å². The summed E-state index contributed by atoms with van der Waals surface area (Å²) in [5, 5.41) is 17.7. The van der Waals surface area contributed by atoms with E-state index in [0.717, 1.165) is 0 Å². The van der Waals surface area contributed by atoms with Crippen LogP contribution in [-0.4, -0.2) is 22.1 Å². The highest BCUT2D eigenvalue weighted by molar-refractivity contribution is 5.69. The monoisotopic (exact) mass is 232 g/mol. The van der Waals surface area contributed by atoms with E-state index < -0.39 is 0 Å². The minimum absolute atomic E-state index is 0.0724. The van der Waals surface area contributed by atoms with Gasteiger partial charge in [-0.2, -0.15) is 10.5 Å². The average Bonchev–Trinajstić information content (AvgIpc) is 2.71. The zero-order chi connectivity index (χ0) is 12.8. The first-order valence-electron chi connectivity index (χ1n) is 5.16. The van der Waals surface area contributed by atoms with Crippen molar-refractivity contribution in [1.82, 2.24) is 9.55 Å². The lowest BCUT2D eigenvalue weighted by molar-refractivity contribution is -0.143. The van der Waals surface area contributed by atoms with Gasteiger partial charge in [-0.15, -0.1) is 0 Å². The predicted octanol–water partition coefficient (Wildman–Crippen LogP) is 1.14. The minimum Gasteiger partial charge on any atom is -0.466 e. The van der Waals surface area contributed by atoms with Gasteiger partial charge in [0.25, 0.3) is 0 Å². The normalized spacial score (nSPS) is 11.3. The summed E-state index contributed by atoms with van der Waals surface area (Å²) in [6.45, 7) is 3.82. The average molecular weight is 232 g/mol. The van der Waals surface area contributed by atoms with Crippen LogP contribution in [0, 0.1) is 22.7 Å². The number of ether oxygens (including phenoxy) is 1. The van der Waals surface area contributed by atoms with Gasteiger partial charge in [-0.05, 0) is 13.8 Å². The van der Waals surface area contributed by atoms with Crippen molar-refractivity contribution in [3.63, 3.8) is 0 Å². The molecule has 1 atom stereocenters. The predicted molar refractivity (Wildman–Crippen MR) is 57.6 cm³/mol. The third-order valence-corrected chi connectivity index (χ3v) is 2.25. The molecule has 0 N–H and O–H groups in total. The second kappa shape index (κ2) is 5.66. The van der Waals surface area contributed by atoms with E-state index in [0.29, 0.717) is 6.61 Å². The molecule has 0 saturated heterocycles. The number of aromatic nitrogens is 2. The number of hydrogen-bond acceptors (Lipinski definition) is 5. The zero-order valence-electron chi connectivity index (χ0n) is 9.67. The summed E-state index contributed by atoms with van der Waals surface area (Å²) < 4.78 is 6.33. The first-order chi connectivity index (χ1) is 8.13. The number of nitriles is 2. The highest BCUT2D eigenvalue weighted by Gasteiger charge is 2.17. The van der Waals surface area contributed by atoms with Crippen LogP contribution in [-0.2, 0) is 9.53 Å². The molecule has 0 bridgehead atoms. The maximum absolute atomic E-state index is 11.3. The smallest absolute Gasteiger partial charge is 0.307 e. The van der Waals surface area contributed by atoms with Gasteiger partial charge in [0.1, 0.15) is 12.1 Å². The Morgan fingerprint density at radius 1 is 1.59 bits per heavy atom. The van der Waals surface area contributed by atoms with Gasteiger partial charge in [0.15, 0.2) is 11.4 Å². The van der Waals surface area contributed by atoms with Gasteiger partial charge in [0.2, 0.25) is 0 Å². The highest BCUT2D eigenvalue weighted by Crippen LogP contribution is 2.16. The summed E-state index contributed by atoms with van der Waals surface area (Å²) >= 11 is 0. The van der Waals surface area contributed by atoms with E-state index in [-0.39, 0.29) is 29.8 Å². The van der Waals surface area contributed by atoms with Crippen molar-refractivity contribution in [2.45, 2.75) is 26.3 Å². The second-order valence-corrected chi connectivity index (χ2v) is 3.43. The molecule has 1 heterocycles. The molecule has 1 aromatic rings. The van der Waals surface area contributed by atoms with Crippen molar-refractivity contribution < 1.29 is 9.53 Å². The molecule has 0 aliphatic rings. The highest BCUT2D eigenvalue weighted by atomic mass is 16.5. The standard InChI is InChI=1S/C11H12N4O2/c1-3-17-11(16)4-8(2)15-7-14-9(5-12)10(15)6-13/h7-8H,3-4H2,1-2H3. The Morgan fingerprint density at radius 3 is 2.82 bits per heavy atom. The van der Waals surface area contributed by atoms with Gasteiger partial charge >= 0.3 is 5.97 Å². The van der Waals surface area contributed by atoms with Crippen LogP contribution in [0.15, 0.2) is 6.33 Å². The summed E-state index contributed by atoms with van der Waals surface area (Å²) in [4.78, 5) is 15.1. The fourth-order valence-electron chi connectivity index (χ4n) is 1.45. The van der Waals surface area contributed by atoms with Crippen LogP contribution in [0.25, 0.3) is 0 Å². The molecular formula is C11H12N4O2. The molecule has 0 amide bonds. The van der Waals surface area contributed by atoms with Gasteiger partial charge in [-0.1, -0.05) is 0 Å². The number of hydrogen-bond donors (Lipinski definition) is 0. The van der Waals surface area contributed by atoms with Crippen molar-refractivity contribution in [3.8, 4) is 12.1 Å². The lowest BCUT2D eigenvalue weighted by Crippen LogP contribution is -2.14. The molecule has 6 nitrogen and oxygen atoms in total. The summed E-state index contributed by atoms with van der Waals surface area (Å²) in [7, 11) is 0. The lowest BCUT2D eigenvalue weighted by atomic mass is 10.2. The molecular weight excluding hydrogens is 220 g/mol. The summed E-state index contributed by atoms with van der Waals surface area (Å²) in [6.07, 6.45) is 1.53. The van der Waals surface area contributed by atoms with Gasteiger partial charge in [0.05, 0.1) is 19.4 Å². The van der Waals surface area contributed by atoms with E-state index in [2.05, 4.69) is 4.98 Å². The number of imidazole rings is 1. The molecule has 17 heavy (non-hydrogen) atoms. The summed E-state index contributed by atoms with van der Waals surface area (Å²) in [5.74, 6) is -0.337. The number of carbonyl (C=O) groups excluding carboxylic acids is 1. The largest absolute Gasteiger partial charge is 0.466 e. The number of carbonyl (C=O) groups is 1. The molecule has 0 radical (unpaired) electrons. The Balaban J connectivity index is 2.87. The van der Waals surface area contributed by atoms with E-state index >= 15 is 0 Å². The molecule has 0 saturated carbocycles. The lowest BCUT2D eigenvalue weighted by Gasteiger charge is -2.12. The molecule has 1 unspecified atom stereocenters. The van der Waals surface area contributed by atoms with Crippen molar-refractivity contribution in [1.29, 1.82) is 10.5 Å². The van der Waals surface area contributed by atoms with Crippen LogP contribution in [0.5, 0.6) is 0 Å². The SMILES string of the molecule is CCOC(=O)CC(C)n1cnc(C#N)c1C#N. The van der Waals surface area contributed by atoms with Crippen molar-refractivity contribution in [2.24, 2.45) is 0 Å². The molecule has 88 valence electrons. The Morgan fingerprint density at radius 2 is 2.29 bits per heavy atom. The van der Waals surface area contributed by atoms with Crippen LogP contribution in [0.2, 0.25) is 0 Å². The van der Waals surface area contributed by atoms with Crippen molar-refractivity contribution in [3.05, 3.63) is 17.7 Å². The molecule has 6 heteroatoms. The van der Waals surface area contributed by atoms with Crippen LogP contribution in [0.1, 0.15) is 37.7 Å². The molecule has 0 spiro atoms. The molecule has 1 rings (SSSR count). The summed E-state index contributed by atoms with van der Waals surface area (Å²) in [5.41, 5.74) is 0.243. The van der Waals surface area contributed by atoms with Crippen LogP contribution < -0.4 is 0 Å². The van der Waals surface area contributed by atoms with E-state index in [1.54, 1.807) is 13.8 Å². The molecule has 0 aromatic carbocycles. The van der Waals surface area contributed by atoms with Gasteiger partial charge in [0, 0.05) is 6.04 Å².